The number of hydrogen-bond acceptors (Lipinski definition) is 3. The molecule has 0 aromatic rings. The van der Waals surface area contributed by atoms with E-state index in [-0.39, 0.29) is 12.1 Å². The lowest BCUT2D eigenvalue weighted by molar-refractivity contribution is -0.116. The molecule has 0 aromatic heterocycles. The van der Waals surface area contributed by atoms with Crippen molar-refractivity contribution >= 4 is 6.41 Å². The number of amides is 1. The van der Waals surface area contributed by atoms with Gasteiger partial charge in [0.25, 0.3) is 0 Å². The summed E-state index contributed by atoms with van der Waals surface area (Å²) in [5, 5.41) is 12.0. The average Bonchev–Trinajstić information content (AvgIpc) is 1.99. The van der Waals surface area contributed by atoms with Gasteiger partial charge in [0.15, 0.2) is 0 Å². The van der Waals surface area contributed by atoms with Crippen LogP contribution in [0.3, 0.4) is 0 Å². The molecule has 2 N–H and O–H groups in total. The summed E-state index contributed by atoms with van der Waals surface area (Å²) in [7, 11) is 0. The summed E-state index contributed by atoms with van der Waals surface area (Å²) in [4.78, 5) is 10.1. The lowest BCUT2D eigenvalue weighted by Crippen LogP contribution is -2.50. The molecule has 1 fully saturated rings. The molecule has 1 unspecified atom stereocenters. The maximum absolute atomic E-state index is 10.1. The van der Waals surface area contributed by atoms with Crippen molar-refractivity contribution in [3.05, 3.63) is 0 Å². The average molecular weight is 159 g/mol. The van der Waals surface area contributed by atoms with E-state index in [1.54, 1.807) is 6.92 Å². The van der Waals surface area contributed by atoms with E-state index in [4.69, 9.17) is 4.74 Å². The van der Waals surface area contributed by atoms with Gasteiger partial charge in [0.1, 0.15) is 6.10 Å². The first-order chi connectivity index (χ1) is 5.25. The Bertz CT molecular complexity index is 140. The number of nitrogens with one attached hydrogen (secondary N) is 1. The van der Waals surface area contributed by atoms with Crippen molar-refractivity contribution in [1.29, 1.82) is 0 Å². The molecular formula is C7H13NO3. The van der Waals surface area contributed by atoms with Gasteiger partial charge >= 0.3 is 0 Å². The predicted molar refractivity (Wildman–Crippen MR) is 39.0 cm³/mol. The van der Waals surface area contributed by atoms with E-state index in [1.165, 1.54) is 0 Å². The summed E-state index contributed by atoms with van der Waals surface area (Å²) >= 11 is 0. The SMILES string of the molecule is C[C@@H]1OCC[C@H](NC=O)C1O. The summed E-state index contributed by atoms with van der Waals surface area (Å²) in [6, 6.07) is -0.142. The van der Waals surface area contributed by atoms with Gasteiger partial charge in [-0.3, -0.25) is 4.79 Å². The van der Waals surface area contributed by atoms with Crippen LogP contribution in [0, 0.1) is 0 Å². The van der Waals surface area contributed by atoms with E-state index in [1.807, 2.05) is 0 Å². The van der Waals surface area contributed by atoms with Crippen molar-refractivity contribution in [3.8, 4) is 0 Å². The molecule has 0 aromatic carbocycles. The molecule has 1 heterocycles. The zero-order valence-corrected chi connectivity index (χ0v) is 6.49. The fourth-order valence-corrected chi connectivity index (χ4v) is 1.25. The third-order valence-electron chi connectivity index (χ3n) is 1.98. The molecule has 0 bridgehead atoms. The van der Waals surface area contributed by atoms with Crippen LogP contribution in [0.15, 0.2) is 0 Å². The number of aliphatic hydroxyl groups excluding tert-OH is 1. The zero-order chi connectivity index (χ0) is 8.27. The molecule has 4 nitrogen and oxygen atoms in total. The quantitative estimate of drug-likeness (QED) is 0.522. The first-order valence-corrected chi connectivity index (χ1v) is 3.75. The molecule has 1 saturated heterocycles. The van der Waals surface area contributed by atoms with Crippen molar-refractivity contribution in [2.45, 2.75) is 31.6 Å². The summed E-state index contributed by atoms with van der Waals surface area (Å²) in [5.74, 6) is 0. The van der Waals surface area contributed by atoms with Gasteiger partial charge in [0.05, 0.1) is 12.1 Å². The maximum Gasteiger partial charge on any atom is 0.207 e. The fourth-order valence-electron chi connectivity index (χ4n) is 1.25. The number of ether oxygens (including phenoxy) is 1. The third kappa shape index (κ3) is 1.91. The number of rotatable bonds is 2. The Morgan fingerprint density at radius 1 is 1.73 bits per heavy atom. The summed E-state index contributed by atoms with van der Waals surface area (Å²) in [6.07, 6.45) is 0.547. The van der Waals surface area contributed by atoms with Gasteiger partial charge in [0.2, 0.25) is 6.41 Å². The van der Waals surface area contributed by atoms with E-state index in [2.05, 4.69) is 5.32 Å². The van der Waals surface area contributed by atoms with Gasteiger partial charge in [-0.05, 0) is 13.3 Å². The van der Waals surface area contributed by atoms with E-state index in [9.17, 15) is 9.90 Å². The van der Waals surface area contributed by atoms with Crippen molar-refractivity contribution in [3.63, 3.8) is 0 Å². The van der Waals surface area contributed by atoms with Gasteiger partial charge in [-0.15, -0.1) is 0 Å². The number of carbonyl (C=O) groups excluding carboxylic acids is 1. The molecule has 3 atom stereocenters. The molecule has 1 aliphatic heterocycles. The van der Waals surface area contributed by atoms with Crippen LogP contribution in [-0.2, 0) is 9.53 Å². The van der Waals surface area contributed by atoms with Crippen LogP contribution < -0.4 is 5.32 Å². The maximum atomic E-state index is 10.1. The molecule has 64 valence electrons. The standard InChI is InChI=1S/C7H13NO3/c1-5-7(10)6(8-4-9)2-3-11-5/h4-7,10H,2-3H2,1H3,(H,8,9)/t5-,6-,7?/m0/s1. The zero-order valence-electron chi connectivity index (χ0n) is 6.49. The minimum absolute atomic E-state index is 0.142. The second-order valence-electron chi connectivity index (χ2n) is 2.75. The lowest BCUT2D eigenvalue weighted by atomic mass is 10.0. The van der Waals surface area contributed by atoms with Crippen molar-refractivity contribution < 1.29 is 14.6 Å². The highest BCUT2D eigenvalue weighted by Crippen LogP contribution is 2.13. The molecule has 1 rings (SSSR count). The topological polar surface area (TPSA) is 58.6 Å². The number of hydrogen-bond donors (Lipinski definition) is 2. The van der Waals surface area contributed by atoms with Crippen molar-refractivity contribution in [1.82, 2.24) is 5.32 Å². The Labute approximate surface area is 65.5 Å². The predicted octanol–water partition coefficient (Wildman–Crippen LogP) is -0.729. The Morgan fingerprint density at radius 2 is 2.45 bits per heavy atom. The summed E-state index contributed by atoms with van der Waals surface area (Å²) in [5.41, 5.74) is 0. The number of carbonyl (C=O) groups is 1. The normalized spacial score (nSPS) is 38.2. The summed E-state index contributed by atoms with van der Waals surface area (Å²) in [6.45, 7) is 2.40. The van der Waals surface area contributed by atoms with Crippen LogP contribution in [0.1, 0.15) is 13.3 Å². The molecule has 0 radical (unpaired) electrons. The Morgan fingerprint density at radius 3 is 3.09 bits per heavy atom. The van der Waals surface area contributed by atoms with Crippen molar-refractivity contribution in [2.24, 2.45) is 0 Å². The van der Waals surface area contributed by atoms with Crippen LogP contribution in [0.2, 0.25) is 0 Å². The Hall–Kier alpha value is -0.610. The molecule has 0 saturated carbocycles. The van der Waals surface area contributed by atoms with Crippen LogP contribution in [0.4, 0.5) is 0 Å². The van der Waals surface area contributed by atoms with Gasteiger partial charge in [-0.2, -0.15) is 0 Å². The molecule has 4 heteroatoms. The molecule has 11 heavy (non-hydrogen) atoms. The molecule has 0 spiro atoms. The second kappa shape index (κ2) is 3.69. The summed E-state index contributed by atoms with van der Waals surface area (Å²) < 4.78 is 5.16. The molecule has 0 aliphatic carbocycles. The monoisotopic (exact) mass is 159 g/mol. The van der Waals surface area contributed by atoms with E-state index in [0.29, 0.717) is 19.4 Å². The van der Waals surface area contributed by atoms with E-state index < -0.39 is 6.10 Å². The van der Waals surface area contributed by atoms with Crippen LogP contribution >= 0.6 is 0 Å². The first-order valence-electron chi connectivity index (χ1n) is 3.75. The molecule has 1 aliphatic rings. The van der Waals surface area contributed by atoms with Crippen LogP contribution in [0.5, 0.6) is 0 Å². The Kier molecular flexibility index (Phi) is 2.84. The van der Waals surface area contributed by atoms with Crippen LogP contribution in [0.25, 0.3) is 0 Å². The highest BCUT2D eigenvalue weighted by atomic mass is 16.5. The number of aliphatic hydroxyl groups is 1. The van der Waals surface area contributed by atoms with Gasteiger partial charge in [-0.1, -0.05) is 0 Å². The van der Waals surface area contributed by atoms with Crippen molar-refractivity contribution in [2.75, 3.05) is 6.61 Å². The minimum Gasteiger partial charge on any atom is -0.388 e. The van der Waals surface area contributed by atoms with Gasteiger partial charge < -0.3 is 15.2 Å². The third-order valence-corrected chi connectivity index (χ3v) is 1.98. The van der Waals surface area contributed by atoms with Gasteiger partial charge in [-0.25, -0.2) is 0 Å². The Balaban J connectivity index is 2.43. The molecule has 1 amide bonds. The smallest absolute Gasteiger partial charge is 0.207 e. The largest absolute Gasteiger partial charge is 0.388 e. The molecular weight excluding hydrogens is 146 g/mol. The van der Waals surface area contributed by atoms with E-state index in [0.717, 1.165) is 0 Å². The highest BCUT2D eigenvalue weighted by molar-refractivity contribution is 5.46. The fraction of sp³-hybridized carbons (Fsp3) is 0.857. The van der Waals surface area contributed by atoms with E-state index >= 15 is 0 Å². The van der Waals surface area contributed by atoms with Gasteiger partial charge in [0, 0.05) is 6.61 Å². The first kappa shape index (κ1) is 8.49. The van der Waals surface area contributed by atoms with Crippen LogP contribution in [-0.4, -0.2) is 36.4 Å². The minimum atomic E-state index is -0.575. The highest BCUT2D eigenvalue weighted by Gasteiger charge is 2.28. The lowest BCUT2D eigenvalue weighted by Gasteiger charge is -2.32. The second-order valence-corrected chi connectivity index (χ2v) is 2.75.